The van der Waals surface area contributed by atoms with E-state index in [2.05, 4.69) is 4.89 Å². The van der Waals surface area contributed by atoms with Crippen molar-refractivity contribution < 1.29 is 24.5 Å². The lowest BCUT2D eigenvalue weighted by Crippen LogP contribution is -2.32. The van der Waals surface area contributed by atoms with Crippen molar-refractivity contribution >= 4 is 11.9 Å². The Morgan fingerprint density at radius 1 is 1.47 bits per heavy atom. The number of esters is 1. The van der Waals surface area contributed by atoms with Crippen LogP contribution in [0.2, 0.25) is 0 Å². The van der Waals surface area contributed by atoms with Crippen LogP contribution in [0, 0.1) is 11.8 Å². The zero-order chi connectivity index (χ0) is 11.3. The Morgan fingerprint density at radius 2 is 2.20 bits per heavy atom. The third-order valence-electron chi connectivity index (χ3n) is 2.37. The fraction of sp³-hybridized carbons (Fsp3) is 0.600. The Hall–Kier alpha value is -1.36. The summed E-state index contributed by atoms with van der Waals surface area (Å²) in [7, 11) is 0. The SMILES string of the molecule is CCOC(=O)C1CCC=CC1C(=O)OO. The van der Waals surface area contributed by atoms with Gasteiger partial charge in [-0.1, -0.05) is 12.2 Å². The van der Waals surface area contributed by atoms with Gasteiger partial charge >= 0.3 is 11.9 Å². The zero-order valence-corrected chi connectivity index (χ0v) is 8.51. The third kappa shape index (κ3) is 2.79. The van der Waals surface area contributed by atoms with Gasteiger partial charge in [-0.05, 0) is 19.8 Å². The first-order valence-electron chi connectivity index (χ1n) is 4.89. The van der Waals surface area contributed by atoms with Crippen molar-refractivity contribution in [3.63, 3.8) is 0 Å². The van der Waals surface area contributed by atoms with E-state index in [-0.39, 0.29) is 6.61 Å². The first-order valence-corrected chi connectivity index (χ1v) is 4.89. The molecule has 5 nitrogen and oxygen atoms in total. The largest absolute Gasteiger partial charge is 0.466 e. The van der Waals surface area contributed by atoms with Gasteiger partial charge in [0.1, 0.15) is 0 Å². The molecule has 0 aliphatic heterocycles. The van der Waals surface area contributed by atoms with Crippen molar-refractivity contribution in [3.05, 3.63) is 12.2 Å². The lowest BCUT2D eigenvalue weighted by atomic mass is 9.84. The highest BCUT2D eigenvalue weighted by atomic mass is 17.1. The van der Waals surface area contributed by atoms with Gasteiger partial charge in [-0.2, -0.15) is 5.26 Å². The third-order valence-corrected chi connectivity index (χ3v) is 2.37. The average molecular weight is 214 g/mol. The molecule has 0 amide bonds. The summed E-state index contributed by atoms with van der Waals surface area (Å²) < 4.78 is 4.84. The molecule has 0 spiro atoms. The standard InChI is InChI=1S/C10H14O5/c1-2-14-9(11)7-5-3-4-6-8(7)10(12)15-13/h4,6-8,13H,2-3,5H2,1H3. The van der Waals surface area contributed by atoms with Gasteiger partial charge in [0.25, 0.3) is 0 Å². The number of rotatable bonds is 3. The first-order chi connectivity index (χ1) is 7.20. The smallest absolute Gasteiger partial charge is 0.349 e. The van der Waals surface area contributed by atoms with Crippen LogP contribution in [0.15, 0.2) is 12.2 Å². The molecule has 84 valence electrons. The molecule has 0 aromatic carbocycles. The molecule has 0 aromatic rings. The van der Waals surface area contributed by atoms with E-state index in [1.807, 2.05) is 0 Å². The van der Waals surface area contributed by atoms with Crippen LogP contribution < -0.4 is 0 Å². The minimum absolute atomic E-state index is 0.278. The van der Waals surface area contributed by atoms with Gasteiger partial charge in [0.15, 0.2) is 0 Å². The van der Waals surface area contributed by atoms with E-state index in [9.17, 15) is 9.59 Å². The summed E-state index contributed by atoms with van der Waals surface area (Å²) in [6.07, 6.45) is 4.62. The second-order valence-corrected chi connectivity index (χ2v) is 3.30. The van der Waals surface area contributed by atoms with E-state index in [1.54, 1.807) is 19.1 Å². The van der Waals surface area contributed by atoms with Crippen molar-refractivity contribution in [2.45, 2.75) is 19.8 Å². The summed E-state index contributed by atoms with van der Waals surface area (Å²) in [5, 5.41) is 8.28. The molecule has 1 rings (SSSR count). The zero-order valence-electron chi connectivity index (χ0n) is 8.51. The molecular formula is C10H14O5. The molecule has 5 heteroatoms. The Bertz CT molecular complexity index is 271. The van der Waals surface area contributed by atoms with Gasteiger partial charge in [-0.25, -0.2) is 4.79 Å². The number of hydrogen-bond acceptors (Lipinski definition) is 5. The maximum atomic E-state index is 11.5. The van der Waals surface area contributed by atoms with Crippen molar-refractivity contribution in [1.29, 1.82) is 0 Å². The lowest BCUT2D eigenvalue weighted by Gasteiger charge is -2.22. The van der Waals surface area contributed by atoms with Crippen LogP contribution in [0.3, 0.4) is 0 Å². The van der Waals surface area contributed by atoms with Crippen LogP contribution in [0.4, 0.5) is 0 Å². The minimum Gasteiger partial charge on any atom is -0.466 e. The molecule has 1 aliphatic carbocycles. The second-order valence-electron chi connectivity index (χ2n) is 3.30. The Morgan fingerprint density at radius 3 is 2.80 bits per heavy atom. The quantitative estimate of drug-likeness (QED) is 0.330. The molecule has 2 unspecified atom stereocenters. The predicted octanol–water partition coefficient (Wildman–Crippen LogP) is 1.15. The van der Waals surface area contributed by atoms with E-state index < -0.39 is 23.8 Å². The van der Waals surface area contributed by atoms with E-state index >= 15 is 0 Å². The maximum Gasteiger partial charge on any atom is 0.349 e. The van der Waals surface area contributed by atoms with Gasteiger partial charge in [0.2, 0.25) is 0 Å². The Labute approximate surface area is 87.6 Å². The van der Waals surface area contributed by atoms with E-state index in [1.165, 1.54) is 0 Å². The molecule has 0 saturated carbocycles. The number of ether oxygens (including phenoxy) is 1. The number of carbonyl (C=O) groups excluding carboxylic acids is 2. The van der Waals surface area contributed by atoms with Gasteiger partial charge < -0.3 is 9.62 Å². The topological polar surface area (TPSA) is 72.8 Å². The molecule has 0 saturated heterocycles. The Balaban J connectivity index is 2.72. The van der Waals surface area contributed by atoms with Crippen LogP contribution in [-0.2, 0) is 19.2 Å². The Kier molecular flexibility index (Phi) is 4.30. The van der Waals surface area contributed by atoms with Crippen LogP contribution >= 0.6 is 0 Å². The van der Waals surface area contributed by atoms with E-state index in [0.29, 0.717) is 6.42 Å². The van der Waals surface area contributed by atoms with Gasteiger partial charge in [0, 0.05) is 0 Å². The number of allylic oxidation sites excluding steroid dienone is 1. The fourth-order valence-electron chi connectivity index (χ4n) is 1.65. The van der Waals surface area contributed by atoms with E-state index in [0.717, 1.165) is 6.42 Å². The first kappa shape index (κ1) is 11.7. The average Bonchev–Trinajstić information content (AvgIpc) is 2.28. The van der Waals surface area contributed by atoms with Crippen molar-refractivity contribution in [3.8, 4) is 0 Å². The van der Waals surface area contributed by atoms with Gasteiger partial charge in [-0.15, -0.1) is 0 Å². The summed E-state index contributed by atoms with van der Waals surface area (Å²) in [6.45, 7) is 1.98. The normalized spacial score (nSPS) is 24.7. The summed E-state index contributed by atoms with van der Waals surface area (Å²) in [5.74, 6) is -2.52. The number of carbonyl (C=O) groups is 2. The summed E-state index contributed by atoms with van der Waals surface area (Å²) >= 11 is 0. The second kappa shape index (κ2) is 5.50. The molecule has 0 aromatic heterocycles. The molecule has 1 N–H and O–H groups in total. The minimum atomic E-state index is -0.816. The van der Waals surface area contributed by atoms with Crippen LogP contribution in [0.5, 0.6) is 0 Å². The molecular weight excluding hydrogens is 200 g/mol. The molecule has 15 heavy (non-hydrogen) atoms. The highest BCUT2D eigenvalue weighted by Crippen LogP contribution is 2.26. The van der Waals surface area contributed by atoms with Crippen LogP contribution in [0.1, 0.15) is 19.8 Å². The fourth-order valence-corrected chi connectivity index (χ4v) is 1.65. The summed E-state index contributed by atoms with van der Waals surface area (Å²) in [6, 6.07) is 0. The molecule has 2 atom stereocenters. The molecule has 0 radical (unpaired) electrons. The van der Waals surface area contributed by atoms with Gasteiger partial charge in [0.05, 0.1) is 18.4 Å². The highest BCUT2D eigenvalue weighted by molar-refractivity contribution is 5.83. The highest BCUT2D eigenvalue weighted by Gasteiger charge is 2.35. The van der Waals surface area contributed by atoms with Crippen LogP contribution in [-0.4, -0.2) is 23.8 Å². The van der Waals surface area contributed by atoms with Gasteiger partial charge in [-0.3, -0.25) is 4.79 Å². The summed E-state index contributed by atoms with van der Waals surface area (Å²) in [4.78, 5) is 26.3. The molecule has 0 heterocycles. The van der Waals surface area contributed by atoms with Crippen molar-refractivity contribution in [1.82, 2.24) is 0 Å². The predicted molar refractivity (Wildman–Crippen MR) is 50.7 cm³/mol. The monoisotopic (exact) mass is 214 g/mol. The molecule has 0 bridgehead atoms. The maximum absolute atomic E-state index is 11.5. The van der Waals surface area contributed by atoms with Crippen molar-refractivity contribution in [2.24, 2.45) is 11.8 Å². The molecule has 0 fully saturated rings. The number of hydrogen-bond donors (Lipinski definition) is 1. The lowest BCUT2D eigenvalue weighted by molar-refractivity contribution is -0.239. The van der Waals surface area contributed by atoms with E-state index in [4.69, 9.17) is 9.99 Å². The molecule has 1 aliphatic rings. The van der Waals surface area contributed by atoms with Crippen LogP contribution in [0.25, 0.3) is 0 Å². The van der Waals surface area contributed by atoms with Crippen molar-refractivity contribution in [2.75, 3.05) is 6.61 Å². The summed E-state index contributed by atoms with van der Waals surface area (Å²) in [5.41, 5.74) is 0.